The molecule has 1 atom stereocenters. The van der Waals surface area contributed by atoms with Gasteiger partial charge in [0.05, 0.1) is 24.2 Å². The van der Waals surface area contributed by atoms with Crippen molar-refractivity contribution in [1.82, 2.24) is 9.21 Å². The Hall–Kier alpha value is -2.22. The third kappa shape index (κ3) is 3.55. The van der Waals surface area contributed by atoms with Gasteiger partial charge in [-0.1, -0.05) is 30.3 Å². The summed E-state index contributed by atoms with van der Waals surface area (Å²) in [7, 11) is -3.63. The van der Waals surface area contributed by atoms with Gasteiger partial charge in [-0.05, 0) is 55.0 Å². The molecule has 7 heteroatoms. The standard InChI is InChI=1S/C23H26N2O4S/c26-23(25(19-9-10-19)22-11-8-17-4-1-2-7-21(17)22)18-5-3-6-20(16-18)30(27,28)24-12-14-29-15-13-24/h1-7,16,19,22H,8-15H2. The smallest absolute Gasteiger partial charge is 0.254 e. The maximum absolute atomic E-state index is 13.6. The number of carbonyl (C=O) groups excluding carboxylic acids is 1. The molecule has 1 aliphatic heterocycles. The number of nitrogens with zero attached hydrogens (tertiary/aromatic N) is 2. The van der Waals surface area contributed by atoms with Crippen molar-refractivity contribution in [2.75, 3.05) is 26.3 Å². The predicted octanol–water partition coefficient (Wildman–Crippen LogP) is 3.00. The molecule has 6 nitrogen and oxygen atoms in total. The van der Waals surface area contributed by atoms with Crippen molar-refractivity contribution >= 4 is 15.9 Å². The van der Waals surface area contributed by atoms with Crippen LogP contribution in [0.1, 0.15) is 46.8 Å². The highest BCUT2D eigenvalue weighted by Gasteiger charge is 2.41. The van der Waals surface area contributed by atoms with Crippen LogP contribution in [-0.2, 0) is 21.2 Å². The number of ether oxygens (including phenoxy) is 1. The topological polar surface area (TPSA) is 66.9 Å². The van der Waals surface area contributed by atoms with Crippen LogP contribution in [0.5, 0.6) is 0 Å². The fourth-order valence-corrected chi connectivity index (χ4v) is 6.07. The summed E-state index contributed by atoms with van der Waals surface area (Å²) < 4.78 is 32.8. The van der Waals surface area contributed by atoms with E-state index in [9.17, 15) is 13.2 Å². The molecule has 2 aromatic carbocycles. The van der Waals surface area contributed by atoms with Crippen molar-refractivity contribution in [3.8, 4) is 0 Å². The van der Waals surface area contributed by atoms with E-state index in [0.29, 0.717) is 31.9 Å². The maximum atomic E-state index is 13.6. The number of morpholine rings is 1. The molecular weight excluding hydrogens is 400 g/mol. The zero-order valence-electron chi connectivity index (χ0n) is 16.9. The van der Waals surface area contributed by atoms with Crippen LogP contribution in [0.2, 0.25) is 0 Å². The largest absolute Gasteiger partial charge is 0.379 e. The number of fused-ring (bicyclic) bond motifs is 1. The van der Waals surface area contributed by atoms with E-state index in [0.717, 1.165) is 25.7 Å². The van der Waals surface area contributed by atoms with E-state index in [-0.39, 0.29) is 22.9 Å². The fourth-order valence-electron chi connectivity index (χ4n) is 4.61. The molecule has 1 amide bonds. The van der Waals surface area contributed by atoms with Crippen molar-refractivity contribution in [3.63, 3.8) is 0 Å². The first-order valence-electron chi connectivity index (χ1n) is 10.6. The van der Waals surface area contributed by atoms with Crippen LogP contribution in [0, 0.1) is 0 Å². The summed E-state index contributed by atoms with van der Waals surface area (Å²) in [5.41, 5.74) is 2.99. The first kappa shape index (κ1) is 19.7. The van der Waals surface area contributed by atoms with Crippen molar-refractivity contribution in [1.29, 1.82) is 0 Å². The van der Waals surface area contributed by atoms with Gasteiger partial charge < -0.3 is 9.64 Å². The average molecular weight is 427 g/mol. The molecule has 3 aliphatic rings. The average Bonchev–Trinajstić information content (AvgIpc) is 3.54. The minimum absolute atomic E-state index is 0.0701. The minimum Gasteiger partial charge on any atom is -0.379 e. The van der Waals surface area contributed by atoms with Crippen molar-refractivity contribution in [2.24, 2.45) is 0 Å². The molecule has 158 valence electrons. The second kappa shape index (κ2) is 7.80. The maximum Gasteiger partial charge on any atom is 0.254 e. The zero-order valence-corrected chi connectivity index (χ0v) is 17.7. The van der Waals surface area contributed by atoms with Crippen LogP contribution in [0.25, 0.3) is 0 Å². The number of amides is 1. The van der Waals surface area contributed by atoms with Gasteiger partial charge in [-0.3, -0.25) is 4.79 Å². The van der Waals surface area contributed by atoms with E-state index in [2.05, 4.69) is 12.1 Å². The summed E-state index contributed by atoms with van der Waals surface area (Å²) in [5.74, 6) is -0.0711. The van der Waals surface area contributed by atoms with E-state index in [4.69, 9.17) is 4.74 Å². The Balaban J connectivity index is 1.45. The Bertz CT molecular complexity index is 1060. The lowest BCUT2D eigenvalue weighted by molar-refractivity contribution is 0.0657. The number of hydrogen-bond donors (Lipinski definition) is 0. The Labute approximate surface area is 177 Å². The third-order valence-corrected chi connectivity index (χ3v) is 8.20. The first-order chi connectivity index (χ1) is 14.6. The molecule has 1 unspecified atom stereocenters. The lowest BCUT2D eigenvalue weighted by atomic mass is 10.1. The van der Waals surface area contributed by atoms with Crippen molar-refractivity contribution < 1.29 is 17.9 Å². The molecule has 2 aliphatic carbocycles. The zero-order chi connectivity index (χ0) is 20.7. The molecule has 0 radical (unpaired) electrons. The predicted molar refractivity (Wildman–Crippen MR) is 113 cm³/mol. The molecular formula is C23H26N2O4S. The summed E-state index contributed by atoms with van der Waals surface area (Å²) in [4.78, 5) is 15.8. The van der Waals surface area contributed by atoms with E-state index < -0.39 is 10.0 Å². The van der Waals surface area contributed by atoms with Crippen LogP contribution >= 0.6 is 0 Å². The normalized spacial score (nSPS) is 21.9. The van der Waals surface area contributed by atoms with Gasteiger partial charge in [-0.25, -0.2) is 8.42 Å². The molecule has 2 fully saturated rings. The monoisotopic (exact) mass is 426 g/mol. The molecule has 0 bridgehead atoms. The second-order valence-electron chi connectivity index (χ2n) is 8.24. The number of rotatable bonds is 5. The van der Waals surface area contributed by atoms with E-state index in [1.54, 1.807) is 24.3 Å². The first-order valence-corrected chi connectivity index (χ1v) is 12.1. The highest BCUT2D eigenvalue weighted by Crippen LogP contribution is 2.42. The Kier molecular flexibility index (Phi) is 5.13. The highest BCUT2D eigenvalue weighted by atomic mass is 32.2. The van der Waals surface area contributed by atoms with Gasteiger partial charge in [-0.15, -0.1) is 0 Å². The summed E-state index contributed by atoms with van der Waals surface area (Å²) >= 11 is 0. The Morgan fingerprint density at radius 3 is 2.53 bits per heavy atom. The quantitative estimate of drug-likeness (QED) is 0.737. The van der Waals surface area contributed by atoms with E-state index in [1.165, 1.54) is 15.4 Å². The molecule has 2 aromatic rings. The highest BCUT2D eigenvalue weighted by molar-refractivity contribution is 7.89. The molecule has 0 N–H and O–H groups in total. The number of hydrogen-bond acceptors (Lipinski definition) is 4. The molecule has 1 saturated heterocycles. The molecule has 0 spiro atoms. The van der Waals surface area contributed by atoms with Crippen molar-refractivity contribution in [2.45, 2.75) is 42.7 Å². The van der Waals surface area contributed by atoms with Crippen LogP contribution in [0.15, 0.2) is 53.4 Å². The van der Waals surface area contributed by atoms with Gasteiger partial charge in [-0.2, -0.15) is 4.31 Å². The van der Waals surface area contributed by atoms with Gasteiger partial charge >= 0.3 is 0 Å². The van der Waals surface area contributed by atoms with Gasteiger partial charge in [0.25, 0.3) is 5.91 Å². The number of aryl methyl sites for hydroxylation is 1. The van der Waals surface area contributed by atoms with Gasteiger partial charge in [0.15, 0.2) is 0 Å². The number of benzene rings is 2. The Morgan fingerprint density at radius 1 is 1.00 bits per heavy atom. The Morgan fingerprint density at radius 2 is 1.77 bits per heavy atom. The third-order valence-electron chi connectivity index (χ3n) is 6.30. The van der Waals surface area contributed by atoms with Crippen molar-refractivity contribution in [3.05, 3.63) is 65.2 Å². The summed E-state index contributed by atoms with van der Waals surface area (Å²) in [6.45, 7) is 1.48. The van der Waals surface area contributed by atoms with E-state index in [1.807, 2.05) is 17.0 Å². The summed E-state index contributed by atoms with van der Waals surface area (Å²) in [5, 5.41) is 0. The van der Waals surface area contributed by atoms with Gasteiger partial charge in [0, 0.05) is 24.7 Å². The number of sulfonamides is 1. The SMILES string of the molecule is O=C(c1cccc(S(=O)(=O)N2CCOCC2)c1)N(C1CC1)C1CCc2ccccc21. The number of carbonyl (C=O) groups is 1. The summed E-state index contributed by atoms with van der Waals surface area (Å²) in [6, 6.07) is 15.2. The molecule has 5 rings (SSSR count). The molecule has 1 saturated carbocycles. The van der Waals surface area contributed by atoms with Gasteiger partial charge in [0.1, 0.15) is 0 Å². The van der Waals surface area contributed by atoms with Crippen LogP contribution in [0.3, 0.4) is 0 Å². The van der Waals surface area contributed by atoms with Gasteiger partial charge in [0.2, 0.25) is 10.0 Å². The van der Waals surface area contributed by atoms with Crippen LogP contribution in [-0.4, -0.2) is 55.9 Å². The van der Waals surface area contributed by atoms with Crippen LogP contribution in [0.4, 0.5) is 0 Å². The molecule has 0 aromatic heterocycles. The summed E-state index contributed by atoms with van der Waals surface area (Å²) in [6.07, 6.45) is 3.92. The van der Waals surface area contributed by atoms with E-state index >= 15 is 0 Å². The lowest BCUT2D eigenvalue weighted by Gasteiger charge is -2.30. The lowest BCUT2D eigenvalue weighted by Crippen LogP contribution is -2.40. The van der Waals surface area contributed by atoms with Crippen LogP contribution < -0.4 is 0 Å². The molecule has 30 heavy (non-hydrogen) atoms. The minimum atomic E-state index is -3.63. The fraction of sp³-hybridized carbons (Fsp3) is 0.435. The molecule has 1 heterocycles. The second-order valence-corrected chi connectivity index (χ2v) is 10.2.